The molecule has 0 bridgehead atoms. The molecule has 1 aliphatic carbocycles. The molecule has 4 unspecified atom stereocenters. The highest BCUT2D eigenvalue weighted by Gasteiger charge is 2.30. The van der Waals surface area contributed by atoms with Crippen LogP contribution in [0.15, 0.2) is 18.2 Å². The molecule has 0 spiro atoms. The summed E-state index contributed by atoms with van der Waals surface area (Å²) < 4.78 is 0. The lowest BCUT2D eigenvalue weighted by atomic mass is 9.72. The molecule has 106 valence electrons. The van der Waals surface area contributed by atoms with Gasteiger partial charge in [0.25, 0.3) is 0 Å². The van der Waals surface area contributed by atoms with Gasteiger partial charge < -0.3 is 5.32 Å². The topological polar surface area (TPSA) is 12.0 Å². The fourth-order valence-corrected chi connectivity index (χ4v) is 3.55. The van der Waals surface area contributed by atoms with Gasteiger partial charge in [-0.05, 0) is 61.8 Å². The Labute approximate surface area is 122 Å². The summed E-state index contributed by atoms with van der Waals surface area (Å²) >= 11 is 6.14. The third-order valence-electron chi connectivity index (χ3n) is 4.96. The quantitative estimate of drug-likeness (QED) is 0.823. The molecule has 1 fully saturated rings. The van der Waals surface area contributed by atoms with Crippen LogP contribution in [0.25, 0.3) is 0 Å². The van der Waals surface area contributed by atoms with E-state index in [-0.39, 0.29) is 0 Å². The number of halogens is 1. The van der Waals surface area contributed by atoms with Crippen molar-refractivity contribution in [3.63, 3.8) is 0 Å². The summed E-state index contributed by atoms with van der Waals surface area (Å²) in [6.45, 7) is 6.88. The first-order valence-electron chi connectivity index (χ1n) is 7.46. The maximum Gasteiger partial charge on any atom is 0.0435 e. The summed E-state index contributed by atoms with van der Waals surface area (Å²) in [5.74, 6) is 2.46. The van der Waals surface area contributed by atoms with Crippen LogP contribution in [0.2, 0.25) is 5.02 Å². The second-order valence-corrected chi connectivity index (χ2v) is 6.71. The van der Waals surface area contributed by atoms with Crippen LogP contribution in [-0.4, -0.2) is 7.05 Å². The minimum absolute atomic E-state index is 0.464. The van der Waals surface area contributed by atoms with E-state index < -0.39 is 0 Å². The number of nitrogens with one attached hydrogen (secondary N) is 1. The molecule has 1 saturated carbocycles. The van der Waals surface area contributed by atoms with E-state index in [1.807, 2.05) is 6.07 Å². The van der Waals surface area contributed by atoms with E-state index in [1.165, 1.54) is 30.4 Å². The van der Waals surface area contributed by atoms with Gasteiger partial charge in [-0.1, -0.05) is 44.0 Å². The number of hydrogen-bond acceptors (Lipinski definition) is 1. The zero-order valence-electron chi connectivity index (χ0n) is 12.5. The Bertz CT molecular complexity index is 429. The Hall–Kier alpha value is -0.530. The SMILES string of the molecule is CNC(c1ccc(Cl)c(C)c1)C1CCC(C)C(C)C1. The third kappa shape index (κ3) is 3.32. The molecule has 0 aromatic heterocycles. The maximum absolute atomic E-state index is 6.14. The molecule has 0 heterocycles. The fraction of sp³-hybridized carbons (Fsp3) is 0.647. The Morgan fingerprint density at radius 2 is 1.95 bits per heavy atom. The first kappa shape index (κ1) is 14.9. The van der Waals surface area contributed by atoms with Crippen molar-refractivity contribution in [1.82, 2.24) is 5.32 Å². The van der Waals surface area contributed by atoms with Crippen molar-refractivity contribution in [3.8, 4) is 0 Å². The van der Waals surface area contributed by atoms with Gasteiger partial charge in [0.1, 0.15) is 0 Å². The third-order valence-corrected chi connectivity index (χ3v) is 5.39. The van der Waals surface area contributed by atoms with E-state index in [0.29, 0.717) is 6.04 Å². The Morgan fingerprint density at radius 3 is 2.53 bits per heavy atom. The molecule has 0 amide bonds. The number of aryl methyl sites for hydroxylation is 1. The van der Waals surface area contributed by atoms with Gasteiger partial charge in [-0.25, -0.2) is 0 Å². The summed E-state index contributed by atoms with van der Waals surface area (Å²) in [6.07, 6.45) is 4.02. The van der Waals surface area contributed by atoms with Gasteiger partial charge in [0, 0.05) is 11.1 Å². The number of benzene rings is 1. The van der Waals surface area contributed by atoms with Crippen molar-refractivity contribution in [2.75, 3.05) is 7.05 Å². The molecule has 0 saturated heterocycles. The van der Waals surface area contributed by atoms with Crippen molar-refractivity contribution >= 4 is 11.6 Å². The normalized spacial score (nSPS) is 29.2. The molecule has 19 heavy (non-hydrogen) atoms. The van der Waals surface area contributed by atoms with Crippen LogP contribution in [0.1, 0.15) is 50.3 Å². The van der Waals surface area contributed by atoms with Crippen molar-refractivity contribution < 1.29 is 0 Å². The highest BCUT2D eigenvalue weighted by Crippen LogP contribution is 2.40. The zero-order valence-corrected chi connectivity index (χ0v) is 13.3. The van der Waals surface area contributed by atoms with Gasteiger partial charge in [0.15, 0.2) is 0 Å². The average Bonchev–Trinajstić information content (AvgIpc) is 2.39. The summed E-state index contributed by atoms with van der Waals surface area (Å²) in [6, 6.07) is 6.92. The Morgan fingerprint density at radius 1 is 1.21 bits per heavy atom. The number of rotatable bonds is 3. The van der Waals surface area contributed by atoms with Crippen molar-refractivity contribution in [1.29, 1.82) is 0 Å². The van der Waals surface area contributed by atoms with Gasteiger partial charge in [-0.3, -0.25) is 0 Å². The fourth-order valence-electron chi connectivity index (χ4n) is 3.43. The van der Waals surface area contributed by atoms with Gasteiger partial charge in [-0.2, -0.15) is 0 Å². The molecule has 1 aliphatic rings. The molecule has 0 aliphatic heterocycles. The van der Waals surface area contributed by atoms with E-state index in [1.54, 1.807) is 0 Å². The van der Waals surface area contributed by atoms with Crippen molar-refractivity contribution in [2.24, 2.45) is 17.8 Å². The Kier molecular flexibility index (Phi) is 4.92. The minimum atomic E-state index is 0.464. The van der Waals surface area contributed by atoms with Gasteiger partial charge in [-0.15, -0.1) is 0 Å². The number of hydrogen-bond donors (Lipinski definition) is 1. The van der Waals surface area contributed by atoms with Gasteiger partial charge in [0.05, 0.1) is 0 Å². The van der Waals surface area contributed by atoms with Crippen molar-refractivity contribution in [2.45, 2.75) is 46.1 Å². The van der Waals surface area contributed by atoms with E-state index in [4.69, 9.17) is 11.6 Å². The first-order chi connectivity index (χ1) is 9.02. The zero-order chi connectivity index (χ0) is 14.0. The van der Waals surface area contributed by atoms with Crippen LogP contribution in [0, 0.1) is 24.7 Å². The molecule has 2 heteroatoms. The molecule has 2 rings (SSSR count). The summed E-state index contributed by atoms with van der Waals surface area (Å²) in [5.41, 5.74) is 2.56. The molecule has 0 radical (unpaired) electrons. The monoisotopic (exact) mass is 279 g/mol. The van der Waals surface area contributed by atoms with Crippen LogP contribution in [-0.2, 0) is 0 Å². The van der Waals surface area contributed by atoms with Crippen LogP contribution < -0.4 is 5.32 Å². The van der Waals surface area contributed by atoms with E-state index in [9.17, 15) is 0 Å². The predicted molar refractivity (Wildman–Crippen MR) is 83.7 cm³/mol. The van der Waals surface area contributed by atoms with Crippen LogP contribution >= 0.6 is 11.6 Å². The highest BCUT2D eigenvalue weighted by molar-refractivity contribution is 6.31. The second kappa shape index (κ2) is 6.28. The van der Waals surface area contributed by atoms with Gasteiger partial charge in [0.2, 0.25) is 0 Å². The Balaban J connectivity index is 2.17. The molecule has 1 aromatic rings. The van der Waals surface area contributed by atoms with E-state index in [2.05, 4.69) is 45.3 Å². The van der Waals surface area contributed by atoms with E-state index in [0.717, 1.165) is 22.8 Å². The first-order valence-corrected chi connectivity index (χ1v) is 7.84. The lowest BCUT2D eigenvalue weighted by Crippen LogP contribution is -2.31. The predicted octanol–water partition coefficient (Wildman–Crippen LogP) is 4.98. The molecule has 1 N–H and O–H groups in total. The van der Waals surface area contributed by atoms with E-state index >= 15 is 0 Å². The largest absolute Gasteiger partial charge is 0.313 e. The summed E-state index contributed by atoms with van der Waals surface area (Å²) in [5, 5.41) is 4.39. The molecular weight excluding hydrogens is 254 g/mol. The second-order valence-electron chi connectivity index (χ2n) is 6.30. The molecular formula is C17H26ClN. The maximum atomic E-state index is 6.14. The molecule has 1 nitrogen and oxygen atoms in total. The van der Waals surface area contributed by atoms with Crippen molar-refractivity contribution in [3.05, 3.63) is 34.3 Å². The minimum Gasteiger partial charge on any atom is -0.313 e. The van der Waals surface area contributed by atoms with Crippen LogP contribution in [0.5, 0.6) is 0 Å². The van der Waals surface area contributed by atoms with Crippen LogP contribution in [0.4, 0.5) is 0 Å². The summed E-state index contributed by atoms with van der Waals surface area (Å²) in [4.78, 5) is 0. The average molecular weight is 280 g/mol. The molecule has 4 atom stereocenters. The lowest BCUT2D eigenvalue weighted by molar-refractivity contribution is 0.174. The standard InChI is InChI=1S/C17H26ClN/c1-11-5-6-14(9-12(11)2)17(19-4)15-7-8-16(18)13(3)10-15/h7-8,10-12,14,17,19H,5-6,9H2,1-4H3. The molecule has 1 aromatic carbocycles. The highest BCUT2D eigenvalue weighted by atomic mass is 35.5. The lowest BCUT2D eigenvalue weighted by Gasteiger charge is -2.37. The van der Waals surface area contributed by atoms with Crippen LogP contribution in [0.3, 0.4) is 0 Å². The van der Waals surface area contributed by atoms with Gasteiger partial charge >= 0.3 is 0 Å². The summed E-state index contributed by atoms with van der Waals surface area (Å²) in [7, 11) is 2.08. The smallest absolute Gasteiger partial charge is 0.0435 e.